The van der Waals surface area contributed by atoms with Gasteiger partial charge in [-0.2, -0.15) is 15.8 Å². The molecule has 2 rings (SSSR count). The number of fused-ring (bicyclic) bond motifs is 1. The summed E-state index contributed by atoms with van der Waals surface area (Å²) < 4.78 is 0. The standard InChI is InChI=1S/C15H13N5/c1-10-2-3-11-6-13(4-5-14(11)19-10)20-15(9-18)12(7-16)8-17/h4-6,10,19-20H,2-3H2,1H3. The van der Waals surface area contributed by atoms with Crippen molar-refractivity contribution in [1.82, 2.24) is 0 Å². The summed E-state index contributed by atoms with van der Waals surface area (Å²) in [7, 11) is 0. The van der Waals surface area contributed by atoms with Crippen LogP contribution in [0.15, 0.2) is 29.5 Å². The van der Waals surface area contributed by atoms with Gasteiger partial charge in [0.25, 0.3) is 0 Å². The highest BCUT2D eigenvalue weighted by Crippen LogP contribution is 2.28. The van der Waals surface area contributed by atoms with E-state index in [0.717, 1.165) is 18.5 Å². The Morgan fingerprint density at radius 2 is 2.00 bits per heavy atom. The van der Waals surface area contributed by atoms with Crippen molar-refractivity contribution in [3.05, 3.63) is 35.0 Å². The summed E-state index contributed by atoms with van der Waals surface area (Å²) in [6.45, 7) is 2.14. The van der Waals surface area contributed by atoms with Gasteiger partial charge in [-0.05, 0) is 43.5 Å². The first kappa shape index (κ1) is 13.5. The van der Waals surface area contributed by atoms with Crippen LogP contribution in [-0.4, -0.2) is 6.04 Å². The Morgan fingerprint density at radius 1 is 1.25 bits per heavy atom. The van der Waals surface area contributed by atoms with E-state index in [1.807, 2.05) is 24.3 Å². The molecule has 0 saturated heterocycles. The molecule has 0 spiro atoms. The molecule has 1 aromatic rings. The molecule has 20 heavy (non-hydrogen) atoms. The molecule has 0 amide bonds. The van der Waals surface area contributed by atoms with Crippen LogP contribution in [0.3, 0.4) is 0 Å². The van der Waals surface area contributed by atoms with Gasteiger partial charge < -0.3 is 10.6 Å². The number of anilines is 2. The maximum atomic E-state index is 9.01. The highest BCUT2D eigenvalue weighted by atomic mass is 14.9. The minimum absolute atomic E-state index is 0.0212. The molecule has 0 aliphatic carbocycles. The summed E-state index contributed by atoms with van der Waals surface area (Å²) in [6.07, 6.45) is 2.02. The van der Waals surface area contributed by atoms with E-state index >= 15 is 0 Å². The number of nitrogens with one attached hydrogen (secondary N) is 2. The van der Waals surface area contributed by atoms with Gasteiger partial charge in [0.15, 0.2) is 5.57 Å². The van der Waals surface area contributed by atoms with Gasteiger partial charge >= 0.3 is 0 Å². The van der Waals surface area contributed by atoms with Crippen LogP contribution >= 0.6 is 0 Å². The second kappa shape index (κ2) is 5.78. The second-order valence-corrected chi connectivity index (χ2v) is 4.67. The Hall–Kier alpha value is -2.97. The van der Waals surface area contributed by atoms with Crippen LogP contribution in [0.2, 0.25) is 0 Å². The summed E-state index contributed by atoms with van der Waals surface area (Å²) in [4.78, 5) is 0. The van der Waals surface area contributed by atoms with E-state index in [0.29, 0.717) is 11.7 Å². The lowest BCUT2D eigenvalue weighted by Gasteiger charge is -2.24. The molecule has 2 N–H and O–H groups in total. The summed E-state index contributed by atoms with van der Waals surface area (Å²) in [6, 6.07) is 11.4. The predicted octanol–water partition coefficient (Wildman–Crippen LogP) is 2.67. The minimum atomic E-state index is -0.211. The third-order valence-corrected chi connectivity index (χ3v) is 3.21. The van der Waals surface area contributed by atoms with Crippen molar-refractivity contribution < 1.29 is 0 Å². The van der Waals surface area contributed by atoms with Crippen molar-refractivity contribution in [2.75, 3.05) is 10.6 Å². The van der Waals surface area contributed by atoms with Gasteiger partial charge in [0, 0.05) is 17.4 Å². The fraction of sp³-hybridized carbons (Fsp3) is 0.267. The fourth-order valence-corrected chi connectivity index (χ4v) is 2.16. The molecule has 0 fully saturated rings. The molecule has 5 heteroatoms. The molecule has 0 saturated carbocycles. The molecule has 1 heterocycles. The number of nitriles is 3. The molecule has 1 atom stereocenters. The Labute approximate surface area is 117 Å². The molecule has 0 aromatic heterocycles. The summed E-state index contributed by atoms with van der Waals surface area (Å²) in [5.74, 6) is 0. The van der Waals surface area contributed by atoms with Gasteiger partial charge in [-0.3, -0.25) is 0 Å². The lowest BCUT2D eigenvalue weighted by atomic mass is 9.98. The van der Waals surface area contributed by atoms with Gasteiger partial charge in [0.1, 0.15) is 23.9 Å². The van der Waals surface area contributed by atoms with Crippen LogP contribution < -0.4 is 10.6 Å². The lowest BCUT2D eigenvalue weighted by Crippen LogP contribution is -2.21. The van der Waals surface area contributed by atoms with Gasteiger partial charge in [0.05, 0.1) is 0 Å². The molecule has 5 nitrogen and oxygen atoms in total. The van der Waals surface area contributed by atoms with Crippen molar-refractivity contribution in [3.8, 4) is 18.2 Å². The first-order valence-corrected chi connectivity index (χ1v) is 6.29. The molecule has 0 bridgehead atoms. The van der Waals surface area contributed by atoms with Gasteiger partial charge in [-0.1, -0.05) is 0 Å². The number of aryl methyl sites for hydroxylation is 1. The first-order valence-electron chi connectivity index (χ1n) is 6.29. The number of hydrogen-bond acceptors (Lipinski definition) is 5. The van der Waals surface area contributed by atoms with Crippen molar-refractivity contribution >= 4 is 11.4 Å². The summed E-state index contributed by atoms with van der Waals surface area (Å²) in [5.41, 5.74) is 2.74. The molecular weight excluding hydrogens is 250 g/mol. The number of hydrogen-bond donors (Lipinski definition) is 2. The minimum Gasteiger partial charge on any atom is -0.382 e. The van der Waals surface area contributed by atoms with Crippen LogP contribution in [-0.2, 0) is 6.42 Å². The molecule has 1 aliphatic rings. The Bertz CT molecular complexity index is 666. The normalized spacial score (nSPS) is 15.6. The van der Waals surface area contributed by atoms with Crippen molar-refractivity contribution in [2.45, 2.75) is 25.8 Å². The molecule has 1 aliphatic heterocycles. The highest BCUT2D eigenvalue weighted by molar-refractivity contribution is 5.65. The fourth-order valence-electron chi connectivity index (χ4n) is 2.16. The van der Waals surface area contributed by atoms with E-state index in [2.05, 4.69) is 17.6 Å². The third-order valence-electron chi connectivity index (χ3n) is 3.21. The van der Waals surface area contributed by atoms with E-state index in [4.69, 9.17) is 15.8 Å². The van der Waals surface area contributed by atoms with Crippen molar-refractivity contribution in [2.24, 2.45) is 0 Å². The number of benzene rings is 1. The second-order valence-electron chi connectivity index (χ2n) is 4.67. The quantitative estimate of drug-likeness (QED) is 0.800. The maximum Gasteiger partial charge on any atom is 0.163 e. The van der Waals surface area contributed by atoms with E-state index in [1.165, 1.54) is 5.56 Å². The van der Waals surface area contributed by atoms with Crippen LogP contribution in [0, 0.1) is 34.0 Å². The smallest absolute Gasteiger partial charge is 0.163 e. The maximum absolute atomic E-state index is 9.01. The van der Waals surface area contributed by atoms with Gasteiger partial charge in [0.2, 0.25) is 0 Å². The Balaban J connectivity index is 2.29. The zero-order valence-electron chi connectivity index (χ0n) is 11.1. The molecule has 98 valence electrons. The van der Waals surface area contributed by atoms with E-state index in [1.54, 1.807) is 12.1 Å². The highest BCUT2D eigenvalue weighted by Gasteiger charge is 2.14. The number of nitrogens with zero attached hydrogens (tertiary/aromatic N) is 3. The van der Waals surface area contributed by atoms with Gasteiger partial charge in [-0.15, -0.1) is 0 Å². The first-order chi connectivity index (χ1) is 9.67. The Morgan fingerprint density at radius 3 is 2.65 bits per heavy atom. The SMILES string of the molecule is CC1CCc2cc(NC(C#N)=C(C#N)C#N)ccc2N1. The van der Waals surface area contributed by atoms with E-state index < -0.39 is 0 Å². The molecule has 1 unspecified atom stereocenters. The number of rotatable bonds is 2. The summed E-state index contributed by atoms with van der Waals surface area (Å²) >= 11 is 0. The lowest BCUT2D eigenvalue weighted by molar-refractivity contribution is 0.681. The van der Waals surface area contributed by atoms with Crippen molar-refractivity contribution in [3.63, 3.8) is 0 Å². The predicted molar refractivity (Wildman–Crippen MR) is 75.3 cm³/mol. The zero-order chi connectivity index (χ0) is 14.5. The monoisotopic (exact) mass is 263 g/mol. The average molecular weight is 263 g/mol. The molecule has 0 radical (unpaired) electrons. The summed E-state index contributed by atoms with van der Waals surface area (Å²) in [5, 5.41) is 32.8. The average Bonchev–Trinajstić information content (AvgIpc) is 2.47. The van der Waals surface area contributed by atoms with Crippen LogP contribution in [0.5, 0.6) is 0 Å². The van der Waals surface area contributed by atoms with Crippen LogP contribution in [0.1, 0.15) is 18.9 Å². The zero-order valence-corrected chi connectivity index (χ0v) is 11.1. The van der Waals surface area contributed by atoms with E-state index in [9.17, 15) is 0 Å². The number of allylic oxidation sites excluding steroid dienone is 2. The largest absolute Gasteiger partial charge is 0.382 e. The third kappa shape index (κ3) is 2.71. The van der Waals surface area contributed by atoms with E-state index in [-0.39, 0.29) is 11.3 Å². The topological polar surface area (TPSA) is 95.4 Å². The molecule has 1 aromatic carbocycles. The van der Waals surface area contributed by atoms with Crippen molar-refractivity contribution in [1.29, 1.82) is 15.8 Å². The van der Waals surface area contributed by atoms with Gasteiger partial charge in [-0.25, -0.2) is 0 Å². The van der Waals surface area contributed by atoms with Crippen LogP contribution in [0.4, 0.5) is 11.4 Å². The molecular formula is C15H13N5. The van der Waals surface area contributed by atoms with Crippen LogP contribution in [0.25, 0.3) is 0 Å². The Kier molecular flexibility index (Phi) is 3.89.